The van der Waals surface area contributed by atoms with Crippen molar-refractivity contribution < 1.29 is 12.8 Å². The highest BCUT2D eigenvalue weighted by Crippen LogP contribution is 2.08. The first kappa shape index (κ1) is 9.87. The molecule has 0 saturated heterocycles. The minimum absolute atomic E-state index is 0.378. The van der Waals surface area contributed by atoms with Gasteiger partial charge in [0, 0.05) is 19.3 Å². The van der Waals surface area contributed by atoms with E-state index in [1.54, 1.807) is 0 Å². The van der Waals surface area contributed by atoms with Gasteiger partial charge in [0.1, 0.15) is 0 Å². The quantitative estimate of drug-likeness (QED) is 0.722. The Labute approximate surface area is 75.2 Å². The molecular formula is C6H7FN3O2S. The Morgan fingerprint density at radius 1 is 1.62 bits per heavy atom. The molecule has 1 aromatic heterocycles. The number of rotatable bonds is 3. The van der Waals surface area contributed by atoms with Crippen LogP contribution in [0.3, 0.4) is 0 Å². The third kappa shape index (κ3) is 2.63. The van der Waals surface area contributed by atoms with Crippen molar-refractivity contribution in [3.8, 4) is 0 Å². The molecule has 0 bridgehead atoms. The average Bonchev–Trinajstić information content (AvgIpc) is 2.09. The number of aromatic nitrogens is 1. The fourth-order valence-corrected chi connectivity index (χ4v) is 1.10. The molecule has 0 spiro atoms. The Balaban J connectivity index is 2.93. The number of nitrogens with one attached hydrogen (secondary N) is 2. The zero-order valence-electron chi connectivity index (χ0n) is 6.70. The highest BCUT2D eigenvalue weighted by Gasteiger charge is 2.10. The lowest BCUT2D eigenvalue weighted by Crippen LogP contribution is -2.27. The van der Waals surface area contributed by atoms with Gasteiger partial charge < -0.3 is 0 Å². The van der Waals surface area contributed by atoms with E-state index in [0.717, 1.165) is 0 Å². The van der Waals surface area contributed by atoms with E-state index in [-0.39, 0.29) is 5.82 Å². The Bertz CT molecular complexity index is 393. The summed E-state index contributed by atoms with van der Waals surface area (Å²) in [6.45, 7) is 0. The summed E-state index contributed by atoms with van der Waals surface area (Å²) in [5.41, 5.74) is 0. The lowest BCUT2D eigenvalue weighted by molar-refractivity contribution is 0.590. The second-order valence-electron chi connectivity index (χ2n) is 2.06. The largest absolute Gasteiger partial charge is 0.300 e. The lowest BCUT2D eigenvalue weighted by atomic mass is 10.4. The van der Waals surface area contributed by atoms with Gasteiger partial charge in [0.2, 0.25) is 0 Å². The van der Waals surface area contributed by atoms with Crippen LogP contribution in [0.15, 0.2) is 12.3 Å². The van der Waals surface area contributed by atoms with Crippen molar-refractivity contribution in [1.82, 2.24) is 9.71 Å². The molecule has 0 aliphatic rings. The van der Waals surface area contributed by atoms with Gasteiger partial charge in [-0.1, -0.05) is 0 Å². The van der Waals surface area contributed by atoms with Gasteiger partial charge in [-0.2, -0.15) is 8.42 Å². The van der Waals surface area contributed by atoms with E-state index in [2.05, 4.69) is 11.1 Å². The van der Waals surface area contributed by atoms with Gasteiger partial charge in [0.15, 0.2) is 11.6 Å². The molecule has 0 atom stereocenters. The molecule has 1 heterocycles. The highest BCUT2D eigenvalue weighted by atomic mass is 32.2. The smallest absolute Gasteiger partial charge is 0.252 e. The van der Waals surface area contributed by atoms with E-state index in [0.29, 0.717) is 0 Å². The molecule has 0 fully saturated rings. The predicted molar refractivity (Wildman–Crippen MR) is 44.6 cm³/mol. The minimum Gasteiger partial charge on any atom is -0.252 e. The maximum atomic E-state index is 12.8. The highest BCUT2D eigenvalue weighted by molar-refractivity contribution is 7.90. The van der Waals surface area contributed by atoms with Crippen LogP contribution >= 0.6 is 0 Å². The monoisotopic (exact) mass is 204 g/mol. The van der Waals surface area contributed by atoms with Crippen LogP contribution in [-0.4, -0.2) is 20.4 Å². The standard InChI is InChI=1S/C6H7FN3O2S/c1-8-13(11,12)10-6-5(7)3-2-4-9-6/h2,4,8H,1H3,(H,9,10). The Morgan fingerprint density at radius 2 is 2.31 bits per heavy atom. The molecule has 0 aliphatic carbocycles. The molecule has 0 unspecified atom stereocenters. The Hall–Kier alpha value is -1.21. The number of hydrogen-bond acceptors (Lipinski definition) is 3. The van der Waals surface area contributed by atoms with E-state index in [4.69, 9.17) is 0 Å². The molecule has 2 N–H and O–H groups in total. The van der Waals surface area contributed by atoms with E-state index in [1.807, 2.05) is 9.44 Å². The first-order valence-electron chi connectivity index (χ1n) is 3.28. The number of anilines is 1. The van der Waals surface area contributed by atoms with Crippen LogP contribution in [0.25, 0.3) is 0 Å². The third-order valence-corrected chi connectivity index (χ3v) is 2.20. The van der Waals surface area contributed by atoms with Crippen molar-refractivity contribution in [3.63, 3.8) is 0 Å². The summed E-state index contributed by atoms with van der Waals surface area (Å²) in [5.74, 6) is -1.22. The summed E-state index contributed by atoms with van der Waals surface area (Å²) in [5, 5.41) is 0. The second-order valence-corrected chi connectivity index (χ2v) is 3.68. The van der Waals surface area contributed by atoms with Crippen LogP contribution in [0.1, 0.15) is 0 Å². The van der Waals surface area contributed by atoms with Crippen LogP contribution in [-0.2, 0) is 10.2 Å². The molecule has 7 heteroatoms. The summed E-state index contributed by atoms with van der Waals surface area (Å²) < 4.78 is 38.4. The normalized spacial score (nSPS) is 11.2. The van der Waals surface area contributed by atoms with Gasteiger partial charge in [0.25, 0.3) is 10.2 Å². The maximum Gasteiger partial charge on any atom is 0.300 e. The first-order chi connectivity index (χ1) is 6.05. The van der Waals surface area contributed by atoms with Crippen LogP contribution < -0.4 is 9.44 Å². The summed E-state index contributed by atoms with van der Waals surface area (Å²) in [7, 11) is -2.52. The minimum atomic E-state index is -3.72. The molecule has 1 aromatic rings. The third-order valence-electron chi connectivity index (χ3n) is 1.20. The molecule has 0 amide bonds. The molecule has 0 saturated carbocycles. The zero-order valence-corrected chi connectivity index (χ0v) is 7.52. The Morgan fingerprint density at radius 3 is 2.85 bits per heavy atom. The number of nitrogens with zero attached hydrogens (tertiary/aromatic N) is 1. The van der Waals surface area contributed by atoms with Crippen molar-refractivity contribution in [3.05, 3.63) is 24.1 Å². The van der Waals surface area contributed by atoms with E-state index >= 15 is 0 Å². The summed E-state index contributed by atoms with van der Waals surface area (Å²) in [6, 6.07) is 3.41. The van der Waals surface area contributed by atoms with Crippen molar-refractivity contribution in [2.45, 2.75) is 0 Å². The van der Waals surface area contributed by atoms with E-state index < -0.39 is 16.0 Å². The predicted octanol–water partition coefficient (Wildman–Crippen LogP) is -0.103. The lowest BCUT2D eigenvalue weighted by Gasteiger charge is -2.04. The number of pyridine rings is 1. The van der Waals surface area contributed by atoms with Crippen molar-refractivity contribution in [2.24, 2.45) is 0 Å². The fourth-order valence-electron chi connectivity index (χ4n) is 0.597. The molecule has 0 aliphatic heterocycles. The molecule has 0 aromatic carbocycles. The van der Waals surface area contributed by atoms with Crippen molar-refractivity contribution in [2.75, 3.05) is 11.8 Å². The molecule has 1 radical (unpaired) electrons. The number of halogens is 1. The van der Waals surface area contributed by atoms with Crippen LogP contribution in [0.5, 0.6) is 0 Å². The molecule has 13 heavy (non-hydrogen) atoms. The van der Waals surface area contributed by atoms with Crippen LogP contribution in [0, 0.1) is 11.9 Å². The topological polar surface area (TPSA) is 71.1 Å². The summed E-state index contributed by atoms with van der Waals surface area (Å²) >= 11 is 0. The van der Waals surface area contributed by atoms with Crippen LogP contribution in [0.2, 0.25) is 0 Å². The molecule has 71 valence electrons. The van der Waals surface area contributed by atoms with Gasteiger partial charge in [-0.25, -0.2) is 14.1 Å². The van der Waals surface area contributed by atoms with Crippen molar-refractivity contribution in [1.29, 1.82) is 0 Å². The summed E-state index contributed by atoms with van der Waals surface area (Å²) in [4.78, 5) is 3.47. The fraction of sp³-hybridized carbons (Fsp3) is 0.167. The van der Waals surface area contributed by atoms with Gasteiger partial charge in [-0.3, -0.25) is 4.72 Å². The average molecular weight is 204 g/mol. The van der Waals surface area contributed by atoms with Crippen molar-refractivity contribution >= 4 is 16.0 Å². The van der Waals surface area contributed by atoms with Gasteiger partial charge in [-0.05, 0) is 6.07 Å². The maximum absolute atomic E-state index is 12.8. The van der Waals surface area contributed by atoms with Crippen LogP contribution in [0.4, 0.5) is 10.2 Å². The van der Waals surface area contributed by atoms with Gasteiger partial charge in [-0.15, -0.1) is 0 Å². The zero-order chi connectivity index (χ0) is 9.90. The molecule has 5 nitrogen and oxygen atoms in total. The van der Waals surface area contributed by atoms with Gasteiger partial charge in [0.05, 0.1) is 0 Å². The Kier molecular flexibility index (Phi) is 2.79. The van der Waals surface area contributed by atoms with E-state index in [1.165, 1.54) is 19.3 Å². The van der Waals surface area contributed by atoms with E-state index in [9.17, 15) is 12.8 Å². The SMILES string of the molecule is CNS(=O)(=O)Nc1ncc[c]c1F. The van der Waals surface area contributed by atoms with Gasteiger partial charge >= 0.3 is 0 Å². The first-order valence-corrected chi connectivity index (χ1v) is 4.77. The summed E-state index contributed by atoms with van der Waals surface area (Å²) in [6.07, 6.45) is 1.23. The molecule has 1 rings (SSSR count). The molecular weight excluding hydrogens is 197 g/mol. The number of hydrogen-bond donors (Lipinski definition) is 2. The second kappa shape index (κ2) is 3.67.